The Morgan fingerprint density at radius 3 is 1.93 bits per heavy atom. The molecule has 1 aromatic heterocycles. The average molecular weight is 186 g/mol. The molecular weight excluding hydrogens is 174 g/mol. The summed E-state index contributed by atoms with van der Waals surface area (Å²) in [5.74, 6) is 0.301. The average Bonchev–Trinajstić information content (AvgIpc) is 2.21. The van der Waals surface area contributed by atoms with Crippen LogP contribution in [0, 0.1) is 0 Å². The summed E-state index contributed by atoms with van der Waals surface area (Å²) in [6, 6.07) is 11.3. The number of phenols is 1. The zero-order valence-electron chi connectivity index (χ0n) is 8.01. The lowest BCUT2D eigenvalue weighted by Gasteiger charge is -1.99. The fraction of sp³-hybridized carbons (Fsp3) is 0.0833. The number of rotatable bonds is 1. The maximum atomic E-state index is 9.14. The number of benzene rings is 1. The molecule has 0 fully saturated rings. The monoisotopic (exact) mass is 186 g/mol. The molecule has 0 saturated heterocycles. The first kappa shape index (κ1) is 8.75. The zero-order valence-corrected chi connectivity index (χ0v) is 8.01. The molecule has 1 aromatic carbocycles. The second-order valence-corrected chi connectivity index (χ2v) is 3.30. The van der Waals surface area contributed by atoms with E-state index in [0.717, 1.165) is 11.1 Å². The highest BCUT2D eigenvalue weighted by Gasteiger charge is 1.99. The van der Waals surface area contributed by atoms with Gasteiger partial charge in [0.2, 0.25) is 0 Å². The molecule has 0 aliphatic carbocycles. The van der Waals surface area contributed by atoms with Gasteiger partial charge in [0.1, 0.15) is 12.8 Å². The Labute approximate surface area is 83.1 Å². The van der Waals surface area contributed by atoms with Gasteiger partial charge in [-0.2, -0.15) is 0 Å². The number of pyridine rings is 1. The molecule has 14 heavy (non-hydrogen) atoms. The van der Waals surface area contributed by atoms with E-state index in [9.17, 15) is 0 Å². The van der Waals surface area contributed by atoms with E-state index in [1.807, 2.05) is 48.3 Å². The van der Waals surface area contributed by atoms with Crippen molar-refractivity contribution in [3.8, 4) is 16.9 Å². The minimum Gasteiger partial charge on any atom is -0.508 e. The third-order valence-corrected chi connectivity index (χ3v) is 2.18. The summed E-state index contributed by atoms with van der Waals surface area (Å²) < 4.78 is 1.99. The molecule has 2 rings (SSSR count). The van der Waals surface area contributed by atoms with Gasteiger partial charge in [-0.15, -0.1) is 0 Å². The summed E-state index contributed by atoms with van der Waals surface area (Å²) >= 11 is 0. The third-order valence-electron chi connectivity index (χ3n) is 2.18. The summed E-state index contributed by atoms with van der Waals surface area (Å²) in [7, 11) is 1.99. The van der Waals surface area contributed by atoms with Crippen molar-refractivity contribution in [3.05, 3.63) is 48.8 Å². The molecule has 1 N–H and O–H groups in total. The summed E-state index contributed by atoms with van der Waals surface area (Å²) in [5.41, 5.74) is 2.27. The van der Waals surface area contributed by atoms with Gasteiger partial charge in [0.05, 0.1) is 0 Å². The molecule has 0 unspecified atom stereocenters. The van der Waals surface area contributed by atoms with Crippen molar-refractivity contribution in [2.75, 3.05) is 0 Å². The quantitative estimate of drug-likeness (QED) is 0.675. The maximum absolute atomic E-state index is 9.14. The van der Waals surface area contributed by atoms with E-state index in [4.69, 9.17) is 5.11 Å². The van der Waals surface area contributed by atoms with Gasteiger partial charge < -0.3 is 5.11 Å². The topological polar surface area (TPSA) is 24.1 Å². The summed E-state index contributed by atoms with van der Waals surface area (Å²) in [4.78, 5) is 0. The van der Waals surface area contributed by atoms with Crippen molar-refractivity contribution in [2.45, 2.75) is 0 Å². The number of aromatic nitrogens is 1. The molecular formula is C12H12NO+. The van der Waals surface area contributed by atoms with E-state index >= 15 is 0 Å². The summed E-state index contributed by atoms with van der Waals surface area (Å²) in [6.07, 6.45) is 4.00. The highest BCUT2D eigenvalue weighted by Crippen LogP contribution is 2.20. The molecule has 0 spiro atoms. The van der Waals surface area contributed by atoms with Crippen LogP contribution in [-0.2, 0) is 7.05 Å². The fourth-order valence-electron chi connectivity index (χ4n) is 1.35. The van der Waals surface area contributed by atoms with Crippen LogP contribution in [0.1, 0.15) is 0 Å². The summed E-state index contributed by atoms with van der Waals surface area (Å²) in [5, 5.41) is 9.14. The maximum Gasteiger partial charge on any atom is 0.169 e. The SMILES string of the molecule is C[n+]1ccc(-c2ccc(O)cc2)cc1. The van der Waals surface area contributed by atoms with Gasteiger partial charge in [-0.3, -0.25) is 0 Å². The van der Waals surface area contributed by atoms with Crippen LogP contribution in [0.2, 0.25) is 0 Å². The first-order valence-electron chi connectivity index (χ1n) is 4.50. The van der Waals surface area contributed by atoms with Crippen LogP contribution in [0.4, 0.5) is 0 Å². The number of aromatic hydroxyl groups is 1. The number of hydrogen-bond acceptors (Lipinski definition) is 1. The molecule has 0 aliphatic rings. The number of phenolic OH excluding ortho intramolecular Hbond substituents is 1. The second-order valence-electron chi connectivity index (χ2n) is 3.30. The van der Waals surface area contributed by atoms with E-state index in [1.165, 1.54) is 0 Å². The van der Waals surface area contributed by atoms with Crippen molar-refractivity contribution in [3.63, 3.8) is 0 Å². The Morgan fingerprint density at radius 2 is 1.36 bits per heavy atom. The predicted molar refractivity (Wildman–Crippen MR) is 54.7 cm³/mol. The molecule has 0 radical (unpaired) electrons. The van der Waals surface area contributed by atoms with Gasteiger partial charge in [0.25, 0.3) is 0 Å². The van der Waals surface area contributed by atoms with Crippen LogP contribution in [0.3, 0.4) is 0 Å². The van der Waals surface area contributed by atoms with Crippen LogP contribution in [0.25, 0.3) is 11.1 Å². The smallest absolute Gasteiger partial charge is 0.169 e. The van der Waals surface area contributed by atoms with Gasteiger partial charge in [-0.05, 0) is 23.3 Å². The van der Waals surface area contributed by atoms with Crippen LogP contribution in [-0.4, -0.2) is 5.11 Å². The fourth-order valence-corrected chi connectivity index (χ4v) is 1.35. The number of aryl methyl sites for hydroxylation is 1. The third kappa shape index (κ3) is 1.74. The van der Waals surface area contributed by atoms with Crippen LogP contribution in [0.15, 0.2) is 48.8 Å². The van der Waals surface area contributed by atoms with Gasteiger partial charge >= 0.3 is 0 Å². The highest BCUT2D eigenvalue weighted by molar-refractivity contribution is 5.62. The molecule has 0 bridgehead atoms. The summed E-state index contributed by atoms with van der Waals surface area (Å²) in [6.45, 7) is 0. The normalized spacial score (nSPS) is 10.1. The Hall–Kier alpha value is -1.83. The van der Waals surface area contributed by atoms with Crippen molar-refractivity contribution < 1.29 is 9.67 Å². The van der Waals surface area contributed by atoms with Crippen LogP contribution < -0.4 is 4.57 Å². The molecule has 70 valence electrons. The van der Waals surface area contributed by atoms with Crippen LogP contribution in [0.5, 0.6) is 5.75 Å². The first-order valence-corrected chi connectivity index (χ1v) is 4.50. The largest absolute Gasteiger partial charge is 0.508 e. The van der Waals surface area contributed by atoms with Gasteiger partial charge in [-0.25, -0.2) is 4.57 Å². The lowest BCUT2D eigenvalue weighted by atomic mass is 10.1. The Bertz CT molecular complexity index is 374. The molecule has 2 heteroatoms. The lowest BCUT2D eigenvalue weighted by Crippen LogP contribution is -2.25. The Balaban J connectivity index is 2.40. The Kier molecular flexibility index (Phi) is 2.19. The molecule has 0 atom stereocenters. The molecule has 2 nitrogen and oxygen atoms in total. The van der Waals surface area contributed by atoms with Gasteiger partial charge in [-0.1, -0.05) is 12.1 Å². The highest BCUT2D eigenvalue weighted by atomic mass is 16.3. The van der Waals surface area contributed by atoms with Crippen LogP contribution >= 0.6 is 0 Å². The van der Waals surface area contributed by atoms with Crippen molar-refractivity contribution in [1.82, 2.24) is 0 Å². The molecule has 0 saturated carbocycles. The van der Waals surface area contributed by atoms with Crippen molar-refractivity contribution in [1.29, 1.82) is 0 Å². The first-order chi connectivity index (χ1) is 6.75. The zero-order chi connectivity index (χ0) is 9.97. The van der Waals surface area contributed by atoms with E-state index < -0.39 is 0 Å². The second kappa shape index (κ2) is 3.50. The minimum atomic E-state index is 0.301. The molecule has 2 aromatic rings. The lowest BCUT2D eigenvalue weighted by molar-refractivity contribution is -0.671. The molecule has 0 aliphatic heterocycles. The van der Waals surface area contributed by atoms with Gasteiger partial charge in [0.15, 0.2) is 12.4 Å². The van der Waals surface area contributed by atoms with E-state index in [0.29, 0.717) is 5.75 Å². The van der Waals surface area contributed by atoms with Gasteiger partial charge in [0, 0.05) is 12.1 Å². The predicted octanol–water partition coefficient (Wildman–Crippen LogP) is 1.88. The van der Waals surface area contributed by atoms with Crippen molar-refractivity contribution in [2.24, 2.45) is 7.05 Å². The standard InChI is InChI=1S/C12H11NO/c1-13-8-6-11(7-9-13)10-2-4-12(14)5-3-10/h2-9H,1H3/p+1. The molecule has 0 amide bonds. The van der Waals surface area contributed by atoms with E-state index in [-0.39, 0.29) is 0 Å². The Morgan fingerprint density at radius 1 is 0.857 bits per heavy atom. The van der Waals surface area contributed by atoms with E-state index in [1.54, 1.807) is 12.1 Å². The number of nitrogens with zero attached hydrogens (tertiary/aromatic N) is 1. The minimum absolute atomic E-state index is 0.301. The van der Waals surface area contributed by atoms with E-state index in [2.05, 4.69) is 0 Å². The number of hydrogen-bond donors (Lipinski definition) is 1. The molecule has 1 heterocycles. The van der Waals surface area contributed by atoms with Crippen molar-refractivity contribution >= 4 is 0 Å².